The number of nitrogens with zero attached hydrogens (tertiary/aromatic N) is 1. The van der Waals surface area contributed by atoms with Crippen LogP contribution in [-0.2, 0) is 21.2 Å². The van der Waals surface area contributed by atoms with Gasteiger partial charge in [-0.3, -0.25) is 0 Å². The van der Waals surface area contributed by atoms with Gasteiger partial charge < -0.3 is 4.74 Å². The minimum absolute atomic E-state index is 0.238. The number of hydrogen-bond donors (Lipinski definition) is 0. The van der Waals surface area contributed by atoms with Crippen LogP contribution in [0, 0.1) is 0 Å². The highest BCUT2D eigenvalue weighted by atomic mass is 32.2. The molecule has 0 atom stereocenters. The Labute approximate surface area is 175 Å². The van der Waals surface area contributed by atoms with Crippen molar-refractivity contribution >= 4 is 26.9 Å². The third kappa shape index (κ3) is 3.74. The van der Waals surface area contributed by atoms with E-state index < -0.39 is 10.0 Å². The normalized spacial score (nSPS) is 11.5. The maximum absolute atomic E-state index is 13.2. The van der Waals surface area contributed by atoms with E-state index in [0.29, 0.717) is 24.1 Å². The second kappa shape index (κ2) is 8.16. The quantitative estimate of drug-likeness (QED) is 0.427. The highest BCUT2D eigenvalue weighted by Crippen LogP contribution is 2.28. The van der Waals surface area contributed by atoms with Gasteiger partial charge in [-0.2, -0.15) is 0 Å². The van der Waals surface area contributed by atoms with Crippen molar-refractivity contribution < 1.29 is 17.9 Å². The molecule has 0 N–H and O–H groups in total. The predicted octanol–water partition coefficient (Wildman–Crippen LogP) is 4.65. The van der Waals surface area contributed by atoms with Crippen molar-refractivity contribution in [2.75, 3.05) is 6.61 Å². The first kappa shape index (κ1) is 19.9. The number of esters is 1. The van der Waals surface area contributed by atoms with E-state index in [-0.39, 0.29) is 10.9 Å². The number of carbonyl (C=O) groups excluding carboxylic acids is 1. The summed E-state index contributed by atoms with van der Waals surface area (Å²) in [5, 5.41) is 0.860. The zero-order chi connectivity index (χ0) is 21.1. The second-order valence-electron chi connectivity index (χ2n) is 6.88. The van der Waals surface area contributed by atoms with Crippen molar-refractivity contribution in [2.24, 2.45) is 0 Å². The van der Waals surface area contributed by atoms with Crippen molar-refractivity contribution in [3.05, 3.63) is 102 Å². The number of benzene rings is 3. The van der Waals surface area contributed by atoms with Crippen LogP contribution in [0.3, 0.4) is 0 Å². The minimum atomic E-state index is -3.72. The van der Waals surface area contributed by atoms with Gasteiger partial charge in [0.2, 0.25) is 0 Å². The highest BCUT2D eigenvalue weighted by Gasteiger charge is 2.21. The lowest BCUT2D eigenvalue weighted by molar-refractivity contribution is 0.0526. The number of aromatic nitrogens is 1. The molecule has 0 bridgehead atoms. The highest BCUT2D eigenvalue weighted by molar-refractivity contribution is 7.90. The summed E-state index contributed by atoms with van der Waals surface area (Å²) in [6, 6.07) is 23.0. The van der Waals surface area contributed by atoms with Crippen molar-refractivity contribution in [3.63, 3.8) is 0 Å². The lowest BCUT2D eigenvalue weighted by Crippen LogP contribution is -2.11. The summed E-state index contributed by atoms with van der Waals surface area (Å²) in [6.45, 7) is 2.08. The van der Waals surface area contributed by atoms with Gasteiger partial charge in [0, 0.05) is 11.6 Å². The third-order valence-corrected chi connectivity index (χ3v) is 6.58. The summed E-state index contributed by atoms with van der Waals surface area (Å²) in [5.41, 5.74) is 2.87. The molecule has 0 spiro atoms. The molecule has 0 fully saturated rings. The van der Waals surface area contributed by atoms with E-state index in [0.717, 1.165) is 16.5 Å². The first-order valence-electron chi connectivity index (χ1n) is 9.66. The molecule has 3 aromatic carbocycles. The molecule has 1 heterocycles. The SMILES string of the molecule is CCOC(=O)c1cccc(Cc2cn(S(=O)(=O)c3ccccc3)c3ccccc23)c1. The van der Waals surface area contributed by atoms with E-state index in [1.807, 2.05) is 30.3 Å². The fraction of sp³-hybridized carbons (Fsp3) is 0.125. The maximum atomic E-state index is 13.2. The molecule has 0 amide bonds. The summed E-state index contributed by atoms with van der Waals surface area (Å²) in [4.78, 5) is 12.3. The molecule has 0 aliphatic carbocycles. The van der Waals surface area contributed by atoms with Crippen molar-refractivity contribution in [1.82, 2.24) is 3.97 Å². The standard InChI is InChI=1S/C24H21NO4S/c1-2-29-24(26)19-10-8-9-18(15-19)16-20-17-25(23-14-7-6-13-22(20)23)30(27,28)21-11-4-3-5-12-21/h3-15,17H,2,16H2,1H3. The van der Waals surface area contributed by atoms with Gasteiger partial charge >= 0.3 is 5.97 Å². The summed E-state index contributed by atoms with van der Waals surface area (Å²) in [6.07, 6.45) is 2.16. The van der Waals surface area contributed by atoms with Crippen LogP contribution in [0.15, 0.2) is 90.0 Å². The Kier molecular flexibility index (Phi) is 5.42. The molecule has 0 unspecified atom stereocenters. The summed E-state index contributed by atoms with van der Waals surface area (Å²) in [7, 11) is -3.72. The maximum Gasteiger partial charge on any atom is 0.338 e. The minimum Gasteiger partial charge on any atom is -0.462 e. The average Bonchev–Trinajstić information content (AvgIpc) is 3.14. The Morgan fingerprint density at radius 2 is 1.67 bits per heavy atom. The monoisotopic (exact) mass is 419 g/mol. The smallest absolute Gasteiger partial charge is 0.338 e. The Morgan fingerprint density at radius 3 is 2.43 bits per heavy atom. The van der Waals surface area contributed by atoms with Crippen molar-refractivity contribution in [2.45, 2.75) is 18.2 Å². The summed E-state index contributed by atoms with van der Waals surface area (Å²) in [5.74, 6) is -0.367. The topological polar surface area (TPSA) is 65.4 Å². The lowest BCUT2D eigenvalue weighted by Gasteiger charge is -2.07. The van der Waals surface area contributed by atoms with Crippen LogP contribution in [0.25, 0.3) is 10.9 Å². The summed E-state index contributed by atoms with van der Waals surface area (Å²) >= 11 is 0. The molecule has 4 rings (SSSR count). The molecule has 30 heavy (non-hydrogen) atoms. The fourth-order valence-electron chi connectivity index (χ4n) is 3.51. The zero-order valence-corrected chi connectivity index (χ0v) is 17.3. The van der Waals surface area contributed by atoms with E-state index in [2.05, 4.69) is 0 Å². The third-order valence-electron chi connectivity index (χ3n) is 4.89. The molecule has 0 radical (unpaired) electrons. The Balaban J connectivity index is 1.77. The molecule has 1 aromatic heterocycles. The molecule has 0 saturated heterocycles. The first-order valence-corrected chi connectivity index (χ1v) is 11.1. The van der Waals surface area contributed by atoms with E-state index in [4.69, 9.17) is 4.74 Å². The Hall–Kier alpha value is -3.38. The second-order valence-corrected chi connectivity index (χ2v) is 8.70. The molecule has 152 valence electrons. The number of rotatable bonds is 6. The van der Waals surface area contributed by atoms with Crippen molar-refractivity contribution in [3.8, 4) is 0 Å². The summed E-state index contributed by atoms with van der Waals surface area (Å²) < 4.78 is 32.9. The van der Waals surface area contributed by atoms with Crippen LogP contribution in [0.2, 0.25) is 0 Å². The molecule has 5 nitrogen and oxygen atoms in total. The van der Waals surface area contributed by atoms with Crippen molar-refractivity contribution in [1.29, 1.82) is 0 Å². The fourth-order valence-corrected chi connectivity index (χ4v) is 4.92. The first-order chi connectivity index (χ1) is 14.5. The van der Waals surface area contributed by atoms with Gasteiger partial charge in [-0.05, 0) is 54.8 Å². The largest absolute Gasteiger partial charge is 0.462 e. The number of hydrogen-bond acceptors (Lipinski definition) is 4. The van der Waals surface area contributed by atoms with Gasteiger partial charge in [0.05, 0.1) is 22.6 Å². The van der Waals surface area contributed by atoms with Gasteiger partial charge in [-0.1, -0.05) is 48.5 Å². The van der Waals surface area contributed by atoms with Gasteiger partial charge in [-0.25, -0.2) is 17.2 Å². The van der Waals surface area contributed by atoms with Crippen LogP contribution in [0.5, 0.6) is 0 Å². The lowest BCUT2D eigenvalue weighted by atomic mass is 10.0. The number of carbonyl (C=O) groups is 1. The van der Waals surface area contributed by atoms with Gasteiger partial charge in [0.1, 0.15) is 0 Å². The number of para-hydroxylation sites is 1. The van der Waals surface area contributed by atoms with Gasteiger partial charge in [-0.15, -0.1) is 0 Å². The molecular formula is C24H21NO4S. The zero-order valence-electron chi connectivity index (χ0n) is 16.5. The van der Waals surface area contributed by atoms with Crippen LogP contribution in [0.1, 0.15) is 28.4 Å². The molecule has 6 heteroatoms. The number of fused-ring (bicyclic) bond motifs is 1. The van der Waals surface area contributed by atoms with E-state index in [1.165, 1.54) is 3.97 Å². The molecular weight excluding hydrogens is 398 g/mol. The average molecular weight is 420 g/mol. The van der Waals surface area contributed by atoms with E-state index >= 15 is 0 Å². The molecule has 0 saturated carbocycles. The molecule has 0 aliphatic rings. The number of ether oxygens (including phenoxy) is 1. The molecule has 4 aromatic rings. The Morgan fingerprint density at radius 1 is 0.933 bits per heavy atom. The van der Waals surface area contributed by atoms with Gasteiger partial charge in [0.15, 0.2) is 0 Å². The van der Waals surface area contributed by atoms with E-state index in [1.54, 1.807) is 61.7 Å². The van der Waals surface area contributed by atoms with Crippen LogP contribution in [-0.4, -0.2) is 25.0 Å². The van der Waals surface area contributed by atoms with Gasteiger partial charge in [0.25, 0.3) is 10.0 Å². The van der Waals surface area contributed by atoms with Crippen LogP contribution >= 0.6 is 0 Å². The Bertz CT molecular complexity index is 1310. The van der Waals surface area contributed by atoms with E-state index in [9.17, 15) is 13.2 Å². The van der Waals surface area contributed by atoms with Crippen LogP contribution in [0.4, 0.5) is 0 Å². The van der Waals surface area contributed by atoms with Crippen LogP contribution < -0.4 is 0 Å². The molecule has 0 aliphatic heterocycles. The predicted molar refractivity (Wildman–Crippen MR) is 116 cm³/mol.